The fraction of sp³-hybridized carbons (Fsp3) is 0.286. The van der Waals surface area contributed by atoms with Crippen LogP contribution >= 0.6 is 23.2 Å². The predicted octanol–water partition coefficient (Wildman–Crippen LogP) is 4.07. The number of benzene rings is 1. The lowest BCUT2D eigenvalue weighted by molar-refractivity contribution is 0.597. The summed E-state index contributed by atoms with van der Waals surface area (Å²) in [6.45, 7) is 1.93. The standard InChI is InChI=1S/C14H16Cl2N4O2S/c1-2-3-8-23(21,22)20-14-7-6-13(18-19-14)17-10-4-5-11(15)12(16)9-10/h4-7,9H,2-3,8H2,1H3,(H,17,18)(H,19,20). The van der Waals surface area contributed by atoms with E-state index in [4.69, 9.17) is 23.2 Å². The summed E-state index contributed by atoms with van der Waals surface area (Å²) in [5.41, 5.74) is 0.699. The van der Waals surface area contributed by atoms with Gasteiger partial charge in [0.25, 0.3) is 0 Å². The van der Waals surface area contributed by atoms with Gasteiger partial charge in [-0.25, -0.2) is 8.42 Å². The van der Waals surface area contributed by atoms with Crippen LogP contribution < -0.4 is 10.0 Å². The summed E-state index contributed by atoms with van der Waals surface area (Å²) >= 11 is 11.8. The molecule has 0 saturated carbocycles. The Morgan fingerprint density at radius 3 is 2.35 bits per heavy atom. The van der Waals surface area contributed by atoms with E-state index < -0.39 is 10.0 Å². The zero-order chi connectivity index (χ0) is 16.9. The first-order chi connectivity index (χ1) is 10.9. The van der Waals surface area contributed by atoms with Crippen molar-refractivity contribution in [3.05, 3.63) is 40.4 Å². The van der Waals surface area contributed by atoms with Gasteiger partial charge in [0, 0.05) is 5.69 Å². The molecule has 0 aliphatic heterocycles. The number of anilines is 3. The van der Waals surface area contributed by atoms with Gasteiger partial charge in [0.15, 0.2) is 11.6 Å². The van der Waals surface area contributed by atoms with Gasteiger partial charge in [0.2, 0.25) is 10.0 Å². The van der Waals surface area contributed by atoms with E-state index in [1.54, 1.807) is 24.3 Å². The van der Waals surface area contributed by atoms with E-state index in [9.17, 15) is 8.42 Å². The maximum atomic E-state index is 11.8. The van der Waals surface area contributed by atoms with E-state index in [-0.39, 0.29) is 11.6 Å². The van der Waals surface area contributed by atoms with Crippen LogP contribution in [0.5, 0.6) is 0 Å². The Bertz CT molecular complexity index is 767. The summed E-state index contributed by atoms with van der Waals surface area (Å²) in [5, 5.41) is 11.7. The van der Waals surface area contributed by atoms with E-state index in [1.807, 2.05) is 6.92 Å². The molecule has 0 bridgehead atoms. The molecular weight excluding hydrogens is 359 g/mol. The van der Waals surface area contributed by atoms with Gasteiger partial charge in [0.05, 0.1) is 15.8 Å². The minimum Gasteiger partial charge on any atom is -0.339 e. The minimum absolute atomic E-state index is 0.0639. The first-order valence-electron chi connectivity index (χ1n) is 6.96. The molecule has 0 unspecified atom stereocenters. The fourth-order valence-electron chi connectivity index (χ4n) is 1.72. The molecule has 1 aromatic heterocycles. The van der Waals surface area contributed by atoms with Gasteiger partial charge in [-0.1, -0.05) is 36.5 Å². The Morgan fingerprint density at radius 1 is 1.04 bits per heavy atom. The predicted molar refractivity (Wildman–Crippen MR) is 94.1 cm³/mol. The van der Waals surface area contributed by atoms with Crippen molar-refractivity contribution in [1.29, 1.82) is 0 Å². The number of aromatic nitrogens is 2. The van der Waals surface area contributed by atoms with Crippen molar-refractivity contribution in [2.75, 3.05) is 15.8 Å². The van der Waals surface area contributed by atoms with Gasteiger partial charge >= 0.3 is 0 Å². The Labute approximate surface area is 145 Å². The number of halogens is 2. The normalized spacial score (nSPS) is 11.3. The van der Waals surface area contributed by atoms with Crippen LogP contribution in [-0.2, 0) is 10.0 Å². The minimum atomic E-state index is -3.38. The molecule has 1 heterocycles. The van der Waals surface area contributed by atoms with E-state index >= 15 is 0 Å². The highest BCUT2D eigenvalue weighted by Gasteiger charge is 2.10. The van der Waals surface area contributed by atoms with E-state index in [0.29, 0.717) is 28.0 Å². The molecule has 0 atom stereocenters. The van der Waals surface area contributed by atoms with Gasteiger partial charge in [0.1, 0.15) is 0 Å². The van der Waals surface area contributed by atoms with E-state index in [0.717, 1.165) is 6.42 Å². The lowest BCUT2D eigenvalue weighted by Gasteiger charge is -2.08. The Morgan fingerprint density at radius 2 is 1.74 bits per heavy atom. The summed E-state index contributed by atoms with van der Waals surface area (Å²) in [7, 11) is -3.38. The summed E-state index contributed by atoms with van der Waals surface area (Å²) in [6.07, 6.45) is 1.40. The number of nitrogens with one attached hydrogen (secondary N) is 2. The molecule has 0 amide bonds. The maximum absolute atomic E-state index is 11.8. The van der Waals surface area contributed by atoms with E-state index in [1.165, 1.54) is 6.07 Å². The largest absolute Gasteiger partial charge is 0.339 e. The Balaban J connectivity index is 2.03. The Hall–Kier alpha value is -1.57. The number of unbranched alkanes of at least 4 members (excludes halogenated alkanes) is 1. The van der Waals surface area contributed by atoms with Gasteiger partial charge < -0.3 is 5.32 Å². The SMILES string of the molecule is CCCCS(=O)(=O)Nc1ccc(Nc2ccc(Cl)c(Cl)c2)nn1. The van der Waals surface area contributed by atoms with Crippen LogP contribution in [0.15, 0.2) is 30.3 Å². The number of rotatable bonds is 7. The highest BCUT2D eigenvalue weighted by Crippen LogP contribution is 2.26. The molecule has 1 aromatic carbocycles. The second-order valence-electron chi connectivity index (χ2n) is 4.83. The molecule has 9 heteroatoms. The molecule has 0 aliphatic carbocycles. The van der Waals surface area contributed by atoms with Crippen LogP contribution in [-0.4, -0.2) is 24.4 Å². The average Bonchev–Trinajstić information content (AvgIpc) is 2.51. The summed E-state index contributed by atoms with van der Waals surface area (Å²) in [5.74, 6) is 0.703. The average molecular weight is 375 g/mol. The molecule has 2 N–H and O–H groups in total. The lowest BCUT2D eigenvalue weighted by atomic mass is 10.3. The van der Waals surface area contributed by atoms with Gasteiger partial charge in [-0.05, 0) is 36.8 Å². The number of nitrogens with zero attached hydrogens (tertiary/aromatic N) is 2. The van der Waals surface area contributed by atoms with Crippen molar-refractivity contribution in [2.45, 2.75) is 19.8 Å². The second-order valence-corrected chi connectivity index (χ2v) is 7.49. The second kappa shape index (κ2) is 7.81. The zero-order valence-electron chi connectivity index (χ0n) is 12.4. The van der Waals surface area contributed by atoms with Gasteiger partial charge in [-0.15, -0.1) is 10.2 Å². The smallest absolute Gasteiger partial charge is 0.233 e. The van der Waals surface area contributed by atoms with Gasteiger partial charge in [-0.2, -0.15) is 0 Å². The first kappa shape index (κ1) is 17.8. The van der Waals surface area contributed by atoms with Crippen molar-refractivity contribution in [1.82, 2.24) is 10.2 Å². The fourth-order valence-corrected chi connectivity index (χ4v) is 3.22. The quantitative estimate of drug-likeness (QED) is 0.762. The van der Waals surface area contributed by atoms with E-state index in [2.05, 4.69) is 20.2 Å². The van der Waals surface area contributed by atoms with Crippen molar-refractivity contribution in [3.63, 3.8) is 0 Å². The van der Waals surface area contributed by atoms with Crippen LogP contribution in [0.3, 0.4) is 0 Å². The Kier molecular flexibility index (Phi) is 6.04. The van der Waals surface area contributed by atoms with Crippen molar-refractivity contribution >= 4 is 50.5 Å². The molecule has 23 heavy (non-hydrogen) atoms. The number of hydrogen-bond donors (Lipinski definition) is 2. The van der Waals surface area contributed by atoms with Crippen LogP contribution in [0.2, 0.25) is 10.0 Å². The molecule has 124 valence electrons. The third-order valence-corrected chi connectivity index (χ3v) is 4.97. The zero-order valence-corrected chi connectivity index (χ0v) is 14.7. The number of sulfonamides is 1. The number of hydrogen-bond acceptors (Lipinski definition) is 5. The summed E-state index contributed by atoms with van der Waals surface area (Å²) in [6, 6.07) is 8.23. The lowest BCUT2D eigenvalue weighted by Crippen LogP contribution is -2.17. The van der Waals surface area contributed by atoms with Crippen LogP contribution in [0.25, 0.3) is 0 Å². The van der Waals surface area contributed by atoms with Crippen LogP contribution in [0.4, 0.5) is 17.3 Å². The molecule has 0 saturated heterocycles. The van der Waals surface area contributed by atoms with Crippen molar-refractivity contribution in [3.8, 4) is 0 Å². The third kappa shape index (κ3) is 5.53. The van der Waals surface area contributed by atoms with Crippen molar-refractivity contribution < 1.29 is 8.42 Å². The highest BCUT2D eigenvalue weighted by molar-refractivity contribution is 7.92. The molecular formula is C14H16Cl2N4O2S. The monoisotopic (exact) mass is 374 g/mol. The summed E-state index contributed by atoms with van der Waals surface area (Å²) < 4.78 is 26.0. The first-order valence-corrected chi connectivity index (χ1v) is 9.37. The molecule has 0 aliphatic rings. The van der Waals surface area contributed by atoms with Crippen LogP contribution in [0, 0.1) is 0 Å². The topological polar surface area (TPSA) is 84.0 Å². The third-order valence-electron chi connectivity index (χ3n) is 2.88. The molecule has 6 nitrogen and oxygen atoms in total. The van der Waals surface area contributed by atoms with Crippen LogP contribution in [0.1, 0.15) is 19.8 Å². The highest BCUT2D eigenvalue weighted by atomic mass is 35.5. The van der Waals surface area contributed by atoms with Gasteiger partial charge in [-0.3, -0.25) is 4.72 Å². The molecule has 2 aromatic rings. The summed E-state index contributed by atoms with van der Waals surface area (Å²) in [4.78, 5) is 0. The molecule has 0 spiro atoms. The molecule has 0 radical (unpaired) electrons. The molecule has 0 fully saturated rings. The maximum Gasteiger partial charge on any atom is 0.233 e. The van der Waals surface area contributed by atoms with Crippen molar-refractivity contribution in [2.24, 2.45) is 0 Å². The molecule has 2 rings (SSSR count).